The van der Waals surface area contributed by atoms with E-state index in [0.717, 1.165) is 32.1 Å². The molecule has 0 spiro atoms. The second-order valence-corrected chi connectivity index (χ2v) is 7.95. The van der Waals surface area contributed by atoms with Gasteiger partial charge in [0.15, 0.2) is 0 Å². The minimum absolute atomic E-state index is 0.0749. The lowest BCUT2D eigenvalue weighted by atomic mass is 9.76. The van der Waals surface area contributed by atoms with Crippen LogP contribution in [0.15, 0.2) is 0 Å². The number of rotatable bonds is 3. The van der Waals surface area contributed by atoms with Crippen LogP contribution in [0, 0.1) is 11.3 Å². The zero-order valence-corrected chi connectivity index (χ0v) is 13.8. The molecular formula is C17H29NO3. The first-order valence-electron chi connectivity index (χ1n) is 8.22. The second-order valence-electron chi connectivity index (χ2n) is 7.95. The normalized spacial score (nSPS) is 30.6. The number of aliphatic carboxylic acids is 1. The van der Waals surface area contributed by atoms with Crippen LogP contribution in [0.3, 0.4) is 0 Å². The molecule has 0 saturated heterocycles. The summed E-state index contributed by atoms with van der Waals surface area (Å²) in [5, 5.41) is 9.90. The topological polar surface area (TPSA) is 57.6 Å². The Labute approximate surface area is 127 Å². The lowest BCUT2D eigenvalue weighted by molar-refractivity contribution is -0.160. The van der Waals surface area contributed by atoms with Crippen LogP contribution in [0.5, 0.6) is 0 Å². The molecule has 0 heterocycles. The minimum atomic E-state index is -0.965. The number of amides is 1. The van der Waals surface area contributed by atoms with Crippen molar-refractivity contribution in [3.63, 3.8) is 0 Å². The summed E-state index contributed by atoms with van der Waals surface area (Å²) in [4.78, 5) is 25.9. The molecule has 2 unspecified atom stereocenters. The van der Waals surface area contributed by atoms with Gasteiger partial charge in [-0.15, -0.1) is 0 Å². The summed E-state index contributed by atoms with van der Waals surface area (Å²) < 4.78 is 0. The number of nitrogens with zero attached hydrogens (tertiary/aromatic N) is 1. The molecule has 2 aliphatic carbocycles. The predicted molar refractivity (Wildman–Crippen MR) is 81.9 cm³/mol. The van der Waals surface area contributed by atoms with Gasteiger partial charge in [0.05, 0.1) is 0 Å². The van der Waals surface area contributed by atoms with Crippen molar-refractivity contribution in [1.29, 1.82) is 0 Å². The minimum Gasteiger partial charge on any atom is -0.479 e. The summed E-state index contributed by atoms with van der Waals surface area (Å²) >= 11 is 0. The fourth-order valence-electron chi connectivity index (χ4n) is 3.99. The smallest absolute Gasteiger partial charge is 0.329 e. The van der Waals surface area contributed by atoms with Gasteiger partial charge >= 0.3 is 5.97 Å². The van der Waals surface area contributed by atoms with E-state index in [0.29, 0.717) is 18.8 Å². The molecule has 2 atom stereocenters. The average molecular weight is 295 g/mol. The Kier molecular flexibility index (Phi) is 4.36. The molecule has 0 bridgehead atoms. The molecule has 21 heavy (non-hydrogen) atoms. The number of hydrogen-bond acceptors (Lipinski definition) is 2. The van der Waals surface area contributed by atoms with E-state index in [1.807, 2.05) is 0 Å². The molecule has 2 fully saturated rings. The summed E-state index contributed by atoms with van der Waals surface area (Å²) in [6.07, 6.45) is 5.96. The Hall–Kier alpha value is -1.06. The first-order chi connectivity index (χ1) is 9.68. The van der Waals surface area contributed by atoms with Crippen molar-refractivity contribution in [2.45, 2.75) is 84.2 Å². The lowest BCUT2D eigenvalue weighted by Crippen LogP contribution is -2.57. The maximum Gasteiger partial charge on any atom is 0.329 e. The molecule has 0 aliphatic heterocycles. The second kappa shape index (κ2) is 5.62. The number of carboxylic acid groups (broad SMARTS) is 1. The third kappa shape index (κ3) is 3.24. The molecule has 0 aromatic heterocycles. The Morgan fingerprint density at radius 3 is 2.14 bits per heavy atom. The van der Waals surface area contributed by atoms with Gasteiger partial charge in [0.1, 0.15) is 5.54 Å². The largest absolute Gasteiger partial charge is 0.479 e. The molecule has 4 nitrogen and oxygen atoms in total. The van der Waals surface area contributed by atoms with Gasteiger partial charge in [-0.05, 0) is 49.9 Å². The van der Waals surface area contributed by atoms with Crippen molar-refractivity contribution in [1.82, 2.24) is 4.90 Å². The van der Waals surface area contributed by atoms with Crippen molar-refractivity contribution in [3.8, 4) is 0 Å². The Morgan fingerprint density at radius 2 is 1.71 bits per heavy atom. The summed E-state index contributed by atoms with van der Waals surface area (Å²) in [6.45, 7) is 8.22. The van der Waals surface area contributed by atoms with Crippen molar-refractivity contribution in [2.24, 2.45) is 11.3 Å². The monoisotopic (exact) mass is 295 g/mol. The number of carbonyl (C=O) groups is 2. The van der Waals surface area contributed by atoms with Crippen LogP contribution in [0.4, 0.5) is 0 Å². The first-order valence-corrected chi connectivity index (χ1v) is 8.22. The van der Waals surface area contributed by atoms with Crippen LogP contribution in [0.2, 0.25) is 0 Å². The summed E-state index contributed by atoms with van der Waals surface area (Å²) in [5.74, 6) is -0.347. The molecule has 2 saturated carbocycles. The quantitative estimate of drug-likeness (QED) is 0.811. The Balaban J connectivity index is 2.26. The van der Waals surface area contributed by atoms with Crippen LogP contribution in [0.1, 0.15) is 72.6 Å². The third-order valence-electron chi connectivity index (χ3n) is 5.38. The van der Waals surface area contributed by atoms with E-state index in [-0.39, 0.29) is 17.4 Å². The van der Waals surface area contributed by atoms with Crippen molar-refractivity contribution < 1.29 is 14.7 Å². The highest BCUT2D eigenvalue weighted by atomic mass is 16.4. The summed E-state index contributed by atoms with van der Waals surface area (Å²) in [6, 6.07) is 0.157. The van der Waals surface area contributed by atoms with E-state index >= 15 is 0 Å². The molecule has 0 radical (unpaired) electrons. The third-order valence-corrected chi connectivity index (χ3v) is 5.38. The van der Waals surface area contributed by atoms with Crippen LogP contribution in [-0.2, 0) is 9.59 Å². The van der Waals surface area contributed by atoms with E-state index in [1.54, 1.807) is 4.90 Å². The molecule has 120 valence electrons. The van der Waals surface area contributed by atoms with Gasteiger partial charge in [0.25, 0.3) is 0 Å². The average Bonchev–Trinajstić information content (AvgIpc) is 3.14. The van der Waals surface area contributed by atoms with Crippen LogP contribution < -0.4 is 0 Å². The zero-order valence-electron chi connectivity index (χ0n) is 13.8. The van der Waals surface area contributed by atoms with Crippen LogP contribution in [-0.4, -0.2) is 33.5 Å². The molecule has 4 heteroatoms. The molecule has 1 amide bonds. The number of carboxylic acids is 1. The highest BCUT2D eigenvalue weighted by Gasteiger charge is 2.52. The maximum atomic E-state index is 12.1. The van der Waals surface area contributed by atoms with E-state index in [4.69, 9.17) is 0 Å². The van der Waals surface area contributed by atoms with Crippen molar-refractivity contribution in [3.05, 3.63) is 0 Å². The molecule has 0 aromatic rings. The zero-order chi connectivity index (χ0) is 15.8. The van der Waals surface area contributed by atoms with Gasteiger partial charge < -0.3 is 10.0 Å². The van der Waals surface area contributed by atoms with Crippen LogP contribution in [0.25, 0.3) is 0 Å². The molecule has 1 N–H and O–H groups in total. The van der Waals surface area contributed by atoms with Gasteiger partial charge in [-0.25, -0.2) is 4.79 Å². The van der Waals surface area contributed by atoms with Gasteiger partial charge in [-0.2, -0.15) is 0 Å². The maximum absolute atomic E-state index is 12.1. The standard InChI is InChI=1S/C17H29NO3/c1-12(19)18(14-7-8-14)17(15(20)21)10-5-6-13(9-11-17)16(2,3)4/h13-14H,5-11H2,1-4H3,(H,20,21). The predicted octanol–water partition coefficient (Wildman–Crippen LogP) is 3.45. The summed E-state index contributed by atoms with van der Waals surface area (Å²) in [7, 11) is 0. The van der Waals surface area contributed by atoms with Gasteiger partial charge in [-0.3, -0.25) is 4.79 Å². The first kappa shape index (κ1) is 16.3. The molecular weight excluding hydrogens is 266 g/mol. The Morgan fingerprint density at radius 1 is 1.10 bits per heavy atom. The molecule has 0 aromatic carbocycles. The molecule has 2 rings (SSSR count). The van der Waals surface area contributed by atoms with E-state index < -0.39 is 11.5 Å². The van der Waals surface area contributed by atoms with Gasteiger partial charge in [0, 0.05) is 13.0 Å². The molecule has 2 aliphatic rings. The number of hydrogen-bond donors (Lipinski definition) is 1. The summed E-state index contributed by atoms with van der Waals surface area (Å²) in [5.41, 5.74) is -0.762. The number of carbonyl (C=O) groups excluding carboxylic acids is 1. The Bertz CT molecular complexity index is 422. The highest BCUT2D eigenvalue weighted by Crippen LogP contribution is 2.45. The van der Waals surface area contributed by atoms with Crippen molar-refractivity contribution in [2.75, 3.05) is 0 Å². The van der Waals surface area contributed by atoms with Gasteiger partial charge in [-0.1, -0.05) is 27.2 Å². The fourth-order valence-corrected chi connectivity index (χ4v) is 3.99. The van der Waals surface area contributed by atoms with E-state index in [2.05, 4.69) is 20.8 Å². The van der Waals surface area contributed by atoms with E-state index in [9.17, 15) is 14.7 Å². The highest BCUT2D eigenvalue weighted by molar-refractivity contribution is 5.86. The lowest BCUT2D eigenvalue weighted by Gasteiger charge is -2.40. The fraction of sp³-hybridized carbons (Fsp3) is 0.882. The SMILES string of the molecule is CC(=O)N(C1CC1)C1(C(=O)O)CCCC(C(C)(C)C)CC1. The van der Waals surface area contributed by atoms with Crippen molar-refractivity contribution >= 4 is 11.9 Å². The van der Waals surface area contributed by atoms with E-state index in [1.165, 1.54) is 6.92 Å². The van der Waals surface area contributed by atoms with Crippen LogP contribution >= 0.6 is 0 Å². The van der Waals surface area contributed by atoms with Gasteiger partial charge in [0.2, 0.25) is 5.91 Å².